The minimum Gasteiger partial charge on any atom is -0.296 e. The van der Waals surface area contributed by atoms with E-state index < -0.39 is 0 Å². The quantitative estimate of drug-likeness (QED) is 0.649. The highest BCUT2D eigenvalue weighted by Gasteiger charge is 2.18. The summed E-state index contributed by atoms with van der Waals surface area (Å²) < 4.78 is 1.87. The third kappa shape index (κ3) is 3.43. The van der Waals surface area contributed by atoms with Gasteiger partial charge in [-0.25, -0.2) is 4.68 Å². The lowest BCUT2D eigenvalue weighted by Gasteiger charge is -2.15. The van der Waals surface area contributed by atoms with Crippen LogP contribution in [-0.4, -0.2) is 21.3 Å². The number of nitrogens with zero attached hydrogens (tertiary/aromatic N) is 3. The SMILES string of the molecule is Cc1ccc(CCc2c(C=O)nnn2C(C)c2ccccc2)cc1. The molecule has 0 amide bonds. The van der Waals surface area contributed by atoms with Crippen molar-refractivity contribution in [3.8, 4) is 0 Å². The van der Waals surface area contributed by atoms with Crippen LogP contribution in [0.15, 0.2) is 54.6 Å². The number of hydrogen-bond acceptors (Lipinski definition) is 3. The van der Waals surface area contributed by atoms with Crippen molar-refractivity contribution in [1.82, 2.24) is 15.0 Å². The van der Waals surface area contributed by atoms with E-state index in [0.29, 0.717) is 5.69 Å². The number of benzene rings is 2. The highest BCUT2D eigenvalue weighted by Crippen LogP contribution is 2.20. The van der Waals surface area contributed by atoms with Gasteiger partial charge in [-0.15, -0.1) is 5.10 Å². The van der Waals surface area contributed by atoms with Gasteiger partial charge in [0.1, 0.15) is 5.69 Å². The molecule has 0 fully saturated rings. The van der Waals surface area contributed by atoms with Crippen molar-refractivity contribution in [2.45, 2.75) is 32.7 Å². The molecule has 0 aliphatic rings. The van der Waals surface area contributed by atoms with Crippen LogP contribution in [-0.2, 0) is 12.8 Å². The van der Waals surface area contributed by atoms with Crippen LogP contribution in [0.25, 0.3) is 0 Å². The van der Waals surface area contributed by atoms with Gasteiger partial charge in [0.05, 0.1) is 11.7 Å². The Balaban J connectivity index is 1.85. The summed E-state index contributed by atoms with van der Waals surface area (Å²) in [5.41, 5.74) is 4.97. The molecule has 0 radical (unpaired) electrons. The maximum atomic E-state index is 11.3. The predicted octanol–water partition coefficient (Wildman–Crippen LogP) is 3.79. The standard InChI is InChI=1S/C20H21N3O/c1-15-8-10-17(11-9-15)12-13-20-19(14-24)21-22-23(20)16(2)18-6-4-3-5-7-18/h3-11,14,16H,12-13H2,1-2H3. The van der Waals surface area contributed by atoms with E-state index in [4.69, 9.17) is 0 Å². The van der Waals surface area contributed by atoms with Gasteiger partial charge in [-0.3, -0.25) is 4.79 Å². The summed E-state index contributed by atoms with van der Waals surface area (Å²) in [6, 6.07) is 18.7. The largest absolute Gasteiger partial charge is 0.296 e. The van der Waals surface area contributed by atoms with Crippen LogP contribution in [0.4, 0.5) is 0 Å². The van der Waals surface area contributed by atoms with Gasteiger partial charge in [0.25, 0.3) is 0 Å². The Labute approximate surface area is 142 Å². The first-order valence-corrected chi connectivity index (χ1v) is 8.18. The Hall–Kier alpha value is -2.75. The number of aromatic nitrogens is 3. The van der Waals surface area contributed by atoms with Gasteiger partial charge in [0, 0.05) is 0 Å². The van der Waals surface area contributed by atoms with Crippen LogP contribution in [0, 0.1) is 6.92 Å². The average molecular weight is 319 g/mol. The Bertz CT molecular complexity index is 807. The highest BCUT2D eigenvalue weighted by molar-refractivity contribution is 5.73. The molecule has 0 saturated carbocycles. The third-order valence-electron chi connectivity index (χ3n) is 4.35. The molecule has 4 nitrogen and oxygen atoms in total. The molecule has 122 valence electrons. The molecule has 0 spiro atoms. The number of hydrogen-bond donors (Lipinski definition) is 0. The fraction of sp³-hybridized carbons (Fsp3) is 0.250. The molecule has 3 aromatic rings. The molecule has 1 atom stereocenters. The van der Waals surface area contributed by atoms with Crippen LogP contribution >= 0.6 is 0 Å². The summed E-state index contributed by atoms with van der Waals surface area (Å²) in [6.07, 6.45) is 2.39. The molecule has 24 heavy (non-hydrogen) atoms. The molecular formula is C20H21N3O. The maximum Gasteiger partial charge on any atom is 0.172 e. The lowest BCUT2D eigenvalue weighted by molar-refractivity contribution is 0.111. The zero-order valence-electron chi connectivity index (χ0n) is 14.0. The number of carbonyl (C=O) groups is 1. The molecule has 3 rings (SSSR count). The maximum absolute atomic E-state index is 11.3. The van der Waals surface area contributed by atoms with Gasteiger partial charge in [-0.05, 0) is 37.8 Å². The van der Waals surface area contributed by atoms with Crippen LogP contribution in [0.5, 0.6) is 0 Å². The van der Waals surface area contributed by atoms with E-state index in [2.05, 4.69) is 60.6 Å². The number of aryl methyl sites for hydroxylation is 2. The summed E-state index contributed by atoms with van der Waals surface area (Å²) in [5, 5.41) is 8.28. The minimum atomic E-state index is 0.0421. The molecule has 0 saturated heterocycles. The molecule has 0 aliphatic heterocycles. The number of aldehydes is 1. The van der Waals surface area contributed by atoms with Crippen molar-refractivity contribution in [3.05, 3.63) is 82.7 Å². The normalized spacial score (nSPS) is 12.1. The second kappa shape index (κ2) is 7.21. The van der Waals surface area contributed by atoms with Crippen molar-refractivity contribution in [2.24, 2.45) is 0 Å². The van der Waals surface area contributed by atoms with Crippen LogP contribution in [0.1, 0.15) is 45.8 Å². The second-order valence-corrected chi connectivity index (χ2v) is 6.06. The van der Waals surface area contributed by atoms with E-state index in [1.165, 1.54) is 11.1 Å². The fourth-order valence-electron chi connectivity index (χ4n) is 2.86. The fourth-order valence-corrected chi connectivity index (χ4v) is 2.86. The molecule has 0 N–H and O–H groups in total. The number of rotatable bonds is 6. The average Bonchev–Trinajstić information content (AvgIpc) is 3.04. The Kier molecular flexibility index (Phi) is 4.85. The van der Waals surface area contributed by atoms with Gasteiger partial charge >= 0.3 is 0 Å². The molecule has 2 aromatic carbocycles. The zero-order chi connectivity index (χ0) is 16.9. The predicted molar refractivity (Wildman–Crippen MR) is 94.3 cm³/mol. The summed E-state index contributed by atoms with van der Waals surface area (Å²) in [4.78, 5) is 11.3. The monoisotopic (exact) mass is 319 g/mol. The Morgan fingerprint density at radius 3 is 2.42 bits per heavy atom. The smallest absolute Gasteiger partial charge is 0.172 e. The van der Waals surface area contributed by atoms with Crippen molar-refractivity contribution in [1.29, 1.82) is 0 Å². The van der Waals surface area contributed by atoms with E-state index in [1.807, 2.05) is 22.9 Å². The van der Waals surface area contributed by atoms with E-state index in [9.17, 15) is 4.79 Å². The summed E-state index contributed by atoms with van der Waals surface area (Å²) in [6.45, 7) is 4.16. The van der Waals surface area contributed by atoms with Crippen LogP contribution < -0.4 is 0 Å². The van der Waals surface area contributed by atoms with E-state index in [-0.39, 0.29) is 6.04 Å². The van der Waals surface area contributed by atoms with Gasteiger partial charge < -0.3 is 0 Å². The van der Waals surface area contributed by atoms with Crippen molar-refractivity contribution in [2.75, 3.05) is 0 Å². The Morgan fingerprint density at radius 1 is 1.04 bits per heavy atom. The van der Waals surface area contributed by atoms with Crippen molar-refractivity contribution in [3.63, 3.8) is 0 Å². The molecule has 1 unspecified atom stereocenters. The summed E-state index contributed by atoms with van der Waals surface area (Å²) >= 11 is 0. The summed E-state index contributed by atoms with van der Waals surface area (Å²) in [5.74, 6) is 0. The first-order valence-electron chi connectivity index (χ1n) is 8.18. The molecule has 1 heterocycles. The lowest BCUT2D eigenvalue weighted by Crippen LogP contribution is -2.13. The molecule has 0 bridgehead atoms. The Morgan fingerprint density at radius 2 is 1.75 bits per heavy atom. The van der Waals surface area contributed by atoms with Gasteiger partial charge in [0.2, 0.25) is 0 Å². The van der Waals surface area contributed by atoms with E-state index >= 15 is 0 Å². The van der Waals surface area contributed by atoms with E-state index in [1.54, 1.807) is 0 Å². The van der Waals surface area contributed by atoms with Gasteiger partial charge in [0.15, 0.2) is 6.29 Å². The zero-order valence-corrected chi connectivity index (χ0v) is 14.0. The highest BCUT2D eigenvalue weighted by atomic mass is 16.1. The summed E-state index contributed by atoms with van der Waals surface area (Å²) in [7, 11) is 0. The molecule has 1 aromatic heterocycles. The van der Waals surface area contributed by atoms with Crippen molar-refractivity contribution < 1.29 is 4.79 Å². The van der Waals surface area contributed by atoms with Crippen molar-refractivity contribution >= 4 is 6.29 Å². The first kappa shape index (κ1) is 16.1. The molecular weight excluding hydrogens is 298 g/mol. The van der Waals surface area contributed by atoms with Crippen LogP contribution in [0.3, 0.4) is 0 Å². The van der Waals surface area contributed by atoms with Crippen LogP contribution in [0.2, 0.25) is 0 Å². The second-order valence-electron chi connectivity index (χ2n) is 6.06. The van der Waals surface area contributed by atoms with E-state index in [0.717, 1.165) is 30.4 Å². The minimum absolute atomic E-state index is 0.0421. The van der Waals surface area contributed by atoms with Gasteiger partial charge in [-0.1, -0.05) is 65.4 Å². The van der Waals surface area contributed by atoms with Gasteiger partial charge in [-0.2, -0.15) is 0 Å². The molecule has 4 heteroatoms. The topological polar surface area (TPSA) is 47.8 Å². The third-order valence-corrected chi connectivity index (χ3v) is 4.35. The molecule has 0 aliphatic carbocycles. The number of carbonyl (C=O) groups excluding carboxylic acids is 1. The lowest BCUT2D eigenvalue weighted by atomic mass is 10.0. The first-order chi connectivity index (χ1) is 11.7.